The Labute approximate surface area is 87.7 Å². The average Bonchev–Trinajstić information content (AvgIpc) is 2.83. The van der Waals surface area contributed by atoms with Gasteiger partial charge >= 0.3 is 0 Å². The lowest BCUT2D eigenvalue weighted by molar-refractivity contribution is -0.127. The number of nitrogens with zero attached hydrogens (tertiary/aromatic N) is 1. The molecule has 1 fully saturated rings. The van der Waals surface area contributed by atoms with Gasteiger partial charge in [0.1, 0.15) is 0 Å². The second kappa shape index (κ2) is 4.01. The van der Waals surface area contributed by atoms with E-state index < -0.39 is 0 Å². The Hall–Kier alpha value is -0.370. The molecule has 0 aromatic heterocycles. The fraction of sp³-hybridized carbons (Fsp3) is 0.917. The van der Waals surface area contributed by atoms with Gasteiger partial charge in [0.2, 0.25) is 0 Å². The zero-order chi connectivity index (χ0) is 10.9. The van der Waals surface area contributed by atoms with Gasteiger partial charge in [0.25, 0.3) is 0 Å². The first-order valence-corrected chi connectivity index (χ1v) is 5.56. The molecule has 1 unspecified atom stereocenters. The largest absolute Gasteiger partial charge is 0.298 e. The van der Waals surface area contributed by atoms with Gasteiger partial charge in [-0.3, -0.25) is 9.69 Å². The Kier molecular flexibility index (Phi) is 3.36. The number of carbonyl (C=O) groups excluding carboxylic acids is 1. The van der Waals surface area contributed by atoms with E-state index in [-0.39, 0.29) is 5.41 Å². The highest BCUT2D eigenvalue weighted by Gasteiger charge is 2.32. The molecule has 0 aliphatic heterocycles. The molecule has 0 spiro atoms. The predicted molar refractivity (Wildman–Crippen MR) is 59.3 cm³/mol. The van der Waals surface area contributed by atoms with Gasteiger partial charge in [0.05, 0.1) is 6.54 Å². The van der Waals surface area contributed by atoms with Crippen LogP contribution in [0.1, 0.15) is 40.5 Å². The first-order valence-electron chi connectivity index (χ1n) is 5.56. The minimum atomic E-state index is -0.197. The average molecular weight is 197 g/mol. The van der Waals surface area contributed by atoms with E-state index in [0.29, 0.717) is 18.4 Å². The first kappa shape index (κ1) is 11.7. The Morgan fingerprint density at radius 1 is 1.43 bits per heavy atom. The van der Waals surface area contributed by atoms with E-state index in [1.54, 1.807) is 0 Å². The second-order valence-corrected chi connectivity index (χ2v) is 5.67. The number of Topliss-reactive ketones (excluding diaryl/α,β-unsaturated/α-hetero) is 1. The third-order valence-corrected chi connectivity index (χ3v) is 3.23. The molecule has 0 saturated heterocycles. The van der Waals surface area contributed by atoms with Gasteiger partial charge in [0.15, 0.2) is 5.78 Å². The standard InChI is InChI=1S/C12H23NO/c1-9(10-6-7-10)13(5)8-11(14)12(2,3)4/h9-10H,6-8H2,1-5H3. The molecule has 82 valence electrons. The van der Waals surface area contributed by atoms with Gasteiger partial charge in [-0.2, -0.15) is 0 Å². The van der Waals surface area contributed by atoms with Crippen molar-refractivity contribution in [3.05, 3.63) is 0 Å². The maximum atomic E-state index is 11.8. The van der Waals surface area contributed by atoms with Gasteiger partial charge in [-0.1, -0.05) is 20.8 Å². The van der Waals surface area contributed by atoms with Crippen LogP contribution in [0.25, 0.3) is 0 Å². The molecule has 0 bridgehead atoms. The van der Waals surface area contributed by atoms with Crippen LogP contribution in [0, 0.1) is 11.3 Å². The second-order valence-electron chi connectivity index (χ2n) is 5.67. The van der Waals surface area contributed by atoms with E-state index in [9.17, 15) is 4.79 Å². The first-order chi connectivity index (χ1) is 6.32. The monoisotopic (exact) mass is 197 g/mol. The van der Waals surface area contributed by atoms with E-state index in [4.69, 9.17) is 0 Å². The lowest BCUT2D eigenvalue weighted by Crippen LogP contribution is -2.39. The van der Waals surface area contributed by atoms with Crippen LogP contribution in [-0.2, 0) is 4.79 Å². The number of likely N-dealkylation sites (N-methyl/N-ethyl adjacent to an activating group) is 1. The number of rotatable bonds is 4. The molecule has 0 aromatic carbocycles. The maximum Gasteiger partial charge on any atom is 0.152 e. The Balaban J connectivity index is 2.39. The summed E-state index contributed by atoms with van der Waals surface area (Å²) in [7, 11) is 2.06. The van der Waals surface area contributed by atoms with E-state index in [2.05, 4.69) is 18.9 Å². The van der Waals surface area contributed by atoms with Crippen LogP contribution in [0.2, 0.25) is 0 Å². The van der Waals surface area contributed by atoms with Crippen molar-refractivity contribution < 1.29 is 4.79 Å². The number of ketones is 1. The van der Waals surface area contributed by atoms with Crippen molar-refractivity contribution in [2.75, 3.05) is 13.6 Å². The smallest absolute Gasteiger partial charge is 0.152 e. The quantitative estimate of drug-likeness (QED) is 0.689. The highest BCUT2D eigenvalue weighted by atomic mass is 16.1. The van der Waals surface area contributed by atoms with Gasteiger partial charge in [0, 0.05) is 11.5 Å². The number of carbonyl (C=O) groups is 1. The lowest BCUT2D eigenvalue weighted by atomic mass is 9.90. The fourth-order valence-electron chi connectivity index (χ4n) is 1.55. The summed E-state index contributed by atoms with van der Waals surface area (Å²) in [6.07, 6.45) is 2.68. The molecule has 0 N–H and O–H groups in total. The summed E-state index contributed by atoms with van der Waals surface area (Å²) >= 11 is 0. The Bertz CT molecular complexity index is 213. The van der Waals surface area contributed by atoms with Crippen LogP contribution in [0.4, 0.5) is 0 Å². The van der Waals surface area contributed by atoms with Crippen molar-refractivity contribution in [3.8, 4) is 0 Å². The van der Waals surface area contributed by atoms with Crippen LogP contribution in [0.15, 0.2) is 0 Å². The summed E-state index contributed by atoms with van der Waals surface area (Å²) in [6, 6.07) is 0.571. The SMILES string of the molecule is CC(C1CC1)N(C)CC(=O)C(C)(C)C. The molecule has 2 nitrogen and oxygen atoms in total. The summed E-state index contributed by atoms with van der Waals surface area (Å²) < 4.78 is 0. The molecule has 2 heteroatoms. The molecule has 0 aromatic rings. The summed E-state index contributed by atoms with van der Waals surface area (Å²) in [5, 5.41) is 0. The van der Waals surface area contributed by atoms with Crippen LogP contribution >= 0.6 is 0 Å². The zero-order valence-corrected chi connectivity index (χ0v) is 10.1. The minimum Gasteiger partial charge on any atom is -0.298 e. The number of hydrogen-bond donors (Lipinski definition) is 0. The van der Waals surface area contributed by atoms with E-state index >= 15 is 0 Å². The molecule has 0 amide bonds. The minimum absolute atomic E-state index is 0.197. The highest BCUT2D eigenvalue weighted by Crippen LogP contribution is 2.34. The van der Waals surface area contributed by atoms with Crippen molar-refractivity contribution in [2.24, 2.45) is 11.3 Å². The lowest BCUT2D eigenvalue weighted by Gasteiger charge is -2.27. The predicted octanol–water partition coefficient (Wildman–Crippen LogP) is 2.33. The Morgan fingerprint density at radius 3 is 2.29 bits per heavy atom. The molecular weight excluding hydrogens is 174 g/mol. The van der Waals surface area contributed by atoms with Gasteiger partial charge in [-0.15, -0.1) is 0 Å². The van der Waals surface area contributed by atoms with Crippen LogP contribution in [0.3, 0.4) is 0 Å². The van der Waals surface area contributed by atoms with Crippen molar-refractivity contribution in [1.29, 1.82) is 0 Å². The van der Waals surface area contributed by atoms with Crippen LogP contribution < -0.4 is 0 Å². The van der Waals surface area contributed by atoms with Gasteiger partial charge in [-0.05, 0) is 32.7 Å². The topological polar surface area (TPSA) is 20.3 Å². The highest BCUT2D eigenvalue weighted by molar-refractivity contribution is 5.85. The van der Waals surface area contributed by atoms with E-state index in [1.165, 1.54) is 12.8 Å². The summed E-state index contributed by atoms with van der Waals surface area (Å²) in [6.45, 7) is 8.80. The molecule has 1 aliphatic carbocycles. The molecule has 1 saturated carbocycles. The molecular formula is C12H23NO. The molecule has 14 heavy (non-hydrogen) atoms. The zero-order valence-electron chi connectivity index (χ0n) is 10.1. The Morgan fingerprint density at radius 2 is 1.93 bits per heavy atom. The molecule has 0 radical (unpaired) electrons. The third-order valence-electron chi connectivity index (χ3n) is 3.23. The van der Waals surface area contributed by atoms with Crippen molar-refractivity contribution in [2.45, 2.75) is 46.6 Å². The number of hydrogen-bond acceptors (Lipinski definition) is 2. The summed E-state index contributed by atoms with van der Waals surface area (Å²) in [4.78, 5) is 14.0. The third kappa shape index (κ3) is 3.09. The fourth-order valence-corrected chi connectivity index (χ4v) is 1.55. The molecule has 1 atom stereocenters. The molecule has 1 aliphatic rings. The molecule has 1 rings (SSSR count). The summed E-state index contributed by atoms with van der Waals surface area (Å²) in [5.41, 5.74) is -0.197. The van der Waals surface area contributed by atoms with Crippen LogP contribution in [-0.4, -0.2) is 30.3 Å². The molecule has 0 heterocycles. The van der Waals surface area contributed by atoms with Crippen molar-refractivity contribution in [3.63, 3.8) is 0 Å². The summed E-state index contributed by atoms with van der Waals surface area (Å²) in [5.74, 6) is 1.18. The van der Waals surface area contributed by atoms with E-state index in [0.717, 1.165) is 5.92 Å². The van der Waals surface area contributed by atoms with E-state index in [1.807, 2.05) is 20.8 Å². The van der Waals surface area contributed by atoms with Crippen LogP contribution in [0.5, 0.6) is 0 Å². The van der Waals surface area contributed by atoms with Crippen molar-refractivity contribution in [1.82, 2.24) is 4.90 Å². The van der Waals surface area contributed by atoms with Gasteiger partial charge < -0.3 is 0 Å². The normalized spacial score (nSPS) is 19.9. The van der Waals surface area contributed by atoms with Gasteiger partial charge in [-0.25, -0.2) is 0 Å². The van der Waals surface area contributed by atoms with Crippen molar-refractivity contribution >= 4 is 5.78 Å². The maximum absolute atomic E-state index is 11.8.